The van der Waals surface area contributed by atoms with Crippen molar-refractivity contribution in [3.63, 3.8) is 0 Å². The van der Waals surface area contributed by atoms with Crippen molar-refractivity contribution in [1.29, 1.82) is 0 Å². The summed E-state index contributed by atoms with van der Waals surface area (Å²) >= 11 is 0. The molecule has 7 nitrogen and oxygen atoms in total. The van der Waals surface area contributed by atoms with Crippen LogP contribution < -0.4 is 10.2 Å². The molecule has 3 heterocycles. The Morgan fingerprint density at radius 3 is 2.68 bits per heavy atom. The number of amides is 2. The number of hydrogen-bond acceptors (Lipinski definition) is 4. The minimum absolute atomic E-state index is 0.0153. The van der Waals surface area contributed by atoms with Crippen LogP contribution in [0.2, 0.25) is 0 Å². The first-order chi connectivity index (χ1) is 13.7. The third-order valence-corrected chi connectivity index (χ3v) is 4.77. The van der Waals surface area contributed by atoms with Gasteiger partial charge in [0.1, 0.15) is 5.69 Å². The van der Waals surface area contributed by atoms with Gasteiger partial charge in [0.25, 0.3) is 0 Å². The maximum absolute atomic E-state index is 12.5. The molecule has 1 N–H and O–H groups in total. The lowest BCUT2D eigenvalue weighted by atomic mass is 10.1. The largest absolute Gasteiger partial charge is 0.354 e. The second kappa shape index (κ2) is 8.04. The van der Waals surface area contributed by atoms with Crippen LogP contribution in [0.15, 0.2) is 67.0 Å². The topological polar surface area (TPSA) is 80.1 Å². The summed E-state index contributed by atoms with van der Waals surface area (Å²) in [6.45, 7) is 1.43. The molecule has 0 radical (unpaired) electrons. The molecule has 1 fully saturated rings. The molecule has 2 amide bonds. The van der Waals surface area contributed by atoms with E-state index in [0.29, 0.717) is 19.6 Å². The second-order valence-corrected chi connectivity index (χ2v) is 6.71. The summed E-state index contributed by atoms with van der Waals surface area (Å²) in [5.74, 6) is -0.434. The van der Waals surface area contributed by atoms with Crippen LogP contribution in [0, 0.1) is 5.92 Å². The molecule has 0 unspecified atom stereocenters. The maximum atomic E-state index is 12.5. The summed E-state index contributed by atoms with van der Waals surface area (Å²) in [4.78, 5) is 30.7. The van der Waals surface area contributed by atoms with Crippen LogP contribution in [0.1, 0.15) is 6.42 Å². The van der Waals surface area contributed by atoms with E-state index >= 15 is 0 Å². The number of pyridine rings is 1. The van der Waals surface area contributed by atoms with Crippen molar-refractivity contribution in [1.82, 2.24) is 20.1 Å². The average Bonchev–Trinajstić information content (AvgIpc) is 3.36. The van der Waals surface area contributed by atoms with Crippen LogP contribution in [-0.2, 0) is 16.1 Å². The highest BCUT2D eigenvalue weighted by Crippen LogP contribution is 2.24. The number of carbonyl (C=O) groups excluding carboxylic acids is 2. The standard InChI is InChI=1S/C21H21N5O2/c27-20-14-16(15-26(20)17-6-2-1-3-7-17)21(28)23-11-13-25-12-9-19(24-25)18-8-4-5-10-22-18/h1-10,12,16H,11,13-15H2,(H,23,28)/t16-/m0/s1. The molecule has 3 aromatic rings. The zero-order valence-electron chi connectivity index (χ0n) is 15.4. The van der Waals surface area contributed by atoms with Gasteiger partial charge in [0.2, 0.25) is 11.8 Å². The fraction of sp³-hybridized carbons (Fsp3) is 0.238. The van der Waals surface area contributed by atoms with Gasteiger partial charge >= 0.3 is 0 Å². The van der Waals surface area contributed by atoms with E-state index in [1.807, 2.05) is 60.8 Å². The fourth-order valence-electron chi connectivity index (χ4n) is 3.32. The van der Waals surface area contributed by atoms with E-state index in [0.717, 1.165) is 17.1 Å². The molecule has 1 aliphatic heterocycles. The highest BCUT2D eigenvalue weighted by Gasteiger charge is 2.34. The van der Waals surface area contributed by atoms with Crippen LogP contribution >= 0.6 is 0 Å². The molecule has 2 aromatic heterocycles. The molecule has 0 bridgehead atoms. The summed E-state index contributed by atoms with van der Waals surface area (Å²) in [5, 5.41) is 7.40. The molecule has 28 heavy (non-hydrogen) atoms. The average molecular weight is 375 g/mol. The minimum Gasteiger partial charge on any atom is -0.354 e. The van der Waals surface area contributed by atoms with E-state index in [1.54, 1.807) is 15.8 Å². The van der Waals surface area contributed by atoms with Gasteiger partial charge in [-0.3, -0.25) is 19.3 Å². The van der Waals surface area contributed by atoms with Crippen LogP contribution in [0.5, 0.6) is 0 Å². The quantitative estimate of drug-likeness (QED) is 0.716. The van der Waals surface area contributed by atoms with E-state index < -0.39 is 0 Å². The third-order valence-electron chi connectivity index (χ3n) is 4.77. The summed E-state index contributed by atoms with van der Waals surface area (Å²) in [6, 6.07) is 17.0. The van der Waals surface area contributed by atoms with E-state index in [9.17, 15) is 9.59 Å². The van der Waals surface area contributed by atoms with Gasteiger partial charge in [-0.15, -0.1) is 0 Å². The zero-order valence-corrected chi connectivity index (χ0v) is 15.4. The molecule has 1 aromatic carbocycles. The summed E-state index contributed by atoms with van der Waals surface area (Å²) in [7, 11) is 0. The number of carbonyl (C=O) groups is 2. The van der Waals surface area contributed by atoms with Crippen molar-refractivity contribution in [2.45, 2.75) is 13.0 Å². The number of benzene rings is 1. The molecule has 1 aliphatic rings. The van der Waals surface area contributed by atoms with Crippen LogP contribution in [-0.4, -0.2) is 39.7 Å². The van der Waals surface area contributed by atoms with Crippen molar-refractivity contribution < 1.29 is 9.59 Å². The van der Waals surface area contributed by atoms with Gasteiger partial charge in [-0.25, -0.2) is 0 Å². The SMILES string of the molecule is O=C(NCCn1ccc(-c2ccccn2)n1)[C@H]1CC(=O)N(c2ccccc2)C1. The van der Waals surface area contributed by atoms with Crippen molar-refractivity contribution in [3.8, 4) is 11.4 Å². The molecule has 0 aliphatic carbocycles. The Balaban J connectivity index is 1.28. The first-order valence-corrected chi connectivity index (χ1v) is 9.29. The minimum atomic E-state index is -0.325. The van der Waals surface area contributed by atoms with Gasteiger partial charge in [-0.2, -0.15) is 5.10 Å². The molecule has 0 saturated carbocycles. The Kier molecular flexibility index (Phi) is 5.14. The van der Waals surface area contributed by atoms with Gasteiger partial charge in [-0.1, -0.05) is 24.3 Å². The van der Waals surface area contributed by atoms with Crippen molar-refractivity contribution in [3.05, 3.63) is 67.0 Å². The normalized spacial score (nSPS) is 16.4. The zero-order chi connectivity index (χ0) is 19.3. The number of hydrogen-bond donors (Lipinski definition) is 1. The van der Waals surface area contributed by atoms with Gasteiger partial charge in [-0.05, 0) is 30.3 Å². The summed E-state index contributed by atoms with van der Waals surface area (Å²) in [5.41, 5.74) is 2.45. The predicted molar refractivity (Wildman–Crippen MR) is 105 cm³/mol. The lowest BCUT2D eigenvalue weighted by Gasteiger charge is -2.16. The van der Waals surface area contributed by atoms with Crippen LogP contribution in [0.3, 0.4) is 0 Å². The monoisotopic (exact) mass is 375 g/mol. The maximum Gasteiger partial charge on any atom is 0.227 e. The van der Waals surface area contributed by atoms with Crippen molar-refractivity contribution in [2.75, 3.05) is 18.0 Å². The molecular weight excluding hydrogens is 354 g/mol. The summed E-state index contributed by atoms with van der Waals surface area (Å²) in [6.07, 6.45) is 3.84. The number of anilines is 1. The third kappa shape index (κ3) is 3.93. The molecule has 0 spiro atoms. The molecule has 1 saturated heterocycles. The van der Waals surface area contributed by atoms with E-state index in [2.05, 4.69) is 15.4 Å². The number of nitrogens with zero attached hydrogens (tertiary/aromatic N) is 4. The number of para-hydroxylation sites is 1. The Morgan fingerprint density at radius 1 is 1.07 bits per heavy atom. The Hall–Kier alpha value is -3.48. The molecule has 1 atom stereocenters. The van der Waals surface area contributed by atoms with Crippen molar-refractivity contribution >= 4 is 17.5 Å². The Labute approximate surface area is 163 Å². The summed E-state index contributed by atoms with van der Waals surface area (Å²) < 4.78 is 1.78. The highest BCUT2D eigenvalue weighted by molar-refractivity contribution is 6.00. The van der Waals surface area contributed by atoms with E-state index in [-0.39, 0.29) is 24.2 Å². The number of nitrogens with one attached hydrogen (secondary N) is 1. The first-order valence-electron chi connectivity index (χ1n) is 9.29. The predicted octanol–water partition coefficient (Wildman–Crippen LogP) is 2.11. The lowest BCUT2D eigenvalue weighted by molar-refractivity contribution is -0.126. The van der Waals surface area contributed by atoms with Crippen LogP contribution in [0.25, 0.3) is 11.4 Å². The highest BCUT2D eigenvalue weighted by atomic mass is 16.2. The smallest absolute Gasteiger partial charge is 0.227 e. The lowest BCUT2D eigenvalue weighted by Crippen LogP contribution is -2.34. The second-order valence-electron chi connectivity index (χ2n) is 6.71. The van der Waals surface area contributed by atoms with Gasteiger partial charge in [0.05, 0.1) is 18.2 Å². The van der Waals surface area contributed by atoms with Gasteiger partial charge in [0.15, 0.2) is 0 Å². The first kappa shape index (κ1) is 17.9. The van der Waals surface area contributed by atoms with Crippen molar-refractivity contribution in [2.24, 2.45) is 5.92 Å². The van der Waals surface area contributed by atoms with E-state index in [4.69, 9.17) is 0 Å². The molecule has 142 valence electrons. The number of aromatic nitrogens is 3. The van der Waals surface area contributed by atoms with Gasteiger partial charge in [0, 0.05) is 37.6 Å². The molecule has 7 heteroatoms. The fourth-order valence-corrected chi connectivity index (χ4v) is 3.32. The molecular formula is C21H21N5O2. The van der Waals surface area contributed by atoms with E-state index in [1.165, 1.54) is 0 Å². The Bertz CT molecular complexity index is 955. The molecule has 4 rings (SSSR count). The number of rotatable bonds is 6. The van der Waals surface area contributed by atoms with Gasteiger partial charge < -0.3 is 10.2 Å². The Morgan fingerprint density at radius 2 is 1.89 bits per heavy atom. The van der Waals surface area contributed by atoms with Crippen LogP contribution in [0.4, 0.5) is 5.69 Å².